The van der Waals surface area contributed by atoms with Crippen molar-refractivity contribution in [2.24, 2.45) is 5.92 Å². The molecule has 1 unspecified atom stereocenters. The summed E-state index contributed by atoms with van der Waals surface area (Å²) in [6, 6.07) is -0.454. The van der Waals surface area contributed by atoms with Crippen LogP contribution in [0.5, 0.6) is 0 Å². The van der Waals surface area contributed by atoms with Gasteiger partial charge in [-0.1, -0.05) is 11.8 Å². The first-order chi connectivity index (χ1) is 10.9. The van der Waals surface area contributed by atoms with Crippen molar-refractivity contribution in [3.8, 4) is 0 Å². The Labute approximate surface area is 139 Å². The van der Waals surface area contributed by atoms with Crippen LogP contribution in [-0.2, 0) is 28.7 Å². The minimum atomic E-state index is -0.696. The van der Waals surface area contributed by atoms with Gasteiger partial charge >= 0.3 is 17.9 Å². The van der Waals surface area contributed by atoms with Crippen LogP contribution in [0.1, 0.15) is 39.5 Å². The van der Waals surface area contributed by atoms with Crippen LogP contribution in [0.25, 0.3) is 0 Å². The van der Waals surface area contributed by atoms with E-state index in [0.717, 1.165) is 24.7 Å². The highest BCUT2D eigenvalue weighted by molar-refractivity contribution is 8.13. The number of nitrogens with one attached hydrogen (secondary N) is 1. The summed E-state index contributed by atoms with van der Waals surface area (Å²) >= 11 is 0.973. The lowest BCUT2D eigenvalue weighted by atomic mass is 10.1. The quantitative estimate of drug-likeness (QED) is 0.515. The van der Waals surface area contributed by atoms with Gasteiger partial charge in [0.15, 0.2) is 5.12 Å². The first-order valence-electron chi connectivity index (χ1n) is 7.72. The molecule has 1 aliphatic heterocycles. The highest BCUT2D eigenvalue weighted by Crippen LogP contribution is 2.18. The van der Waals surface area contributed by atoms with E-state index >= 15 is 0 Å². The van der Waals surface area contributed by atoms with Crippen LogP contribution >= 0.6 is 11.8 Å². The van der Waals surface area contributed by atoms with Crippen molar-refractivity contribution in [3.63, 3.8) is 0 Å². The van der Waals surface area contributed by atoms with Crippen molar-refractivity contribution in [1.82, 2.24) is 5.32 Å². The average molecular weight is 345 g/mol. The van der Waals surface area contributed by atoms with Gasteiger partial charge in [-0.2, -0.15) is 0 Å². The smallest absolute Gasteiger partial charge is 0.330 e. The standard InChI is InChI=1S/C15H23NO6S/c1-3-21-13(18)7-6-11(9-23-10(2)17)14(19)22-15(20)12-5-4-8-16-12/h11-12,16H,3-9H2,1-2H3/t11?,12-/m0/s1. The Bertz CT molecular complexity index is 447. The lowest BCUT2D eigenvalue weighted by Crippen LogP contribution is -2.36. The molecular weight excluding hydrogens is 322 g/mol. The van der Waals surface area contributed by atoms with E-state index in [1.807, 2.05) is 0 Å². The molecule has 1 N–H and O–H groups in total. The molecule has 0 aromatic heterocycles. The summed E-state index contributed by atoms with van der Waals surface area (Å²) in [5, 5.41) is 2.82. The minimum Gasteiger partial charge on any atom is -0.466 e. The van der Waals surface area contributed by atoms with Crippen molar-refractivity contribution in [2.45, 2.75) is 45.6 Å². The molecule has 8 heteroatoms. The van der Waals surface area contributed by atoms with E-state index in [4.69, 9.17) is 9.47 Å². The number of hydrogen-bond acceptors (Lipinski definition) is 8. The predicted octanol–water partition coefficient (Wildman–Crippen LogP) is 1.05. The summed E-state index contributed by atoms with van der Waals surface area (Å²) in [6.07, 6.45) is 1.73. The zero-order valence-electron chi connectivity index (χ0n) is 13.5. The third-order valence-corrected chi connectivity index (χ3v) is 4.34. The van der Waals surface area contributed by atoms with Crippen molar-refractivity contribution in [2.75, 3.05) is 18.9 Å². The molecule has 1 heterocycles. The van der Waals surface area contributed by atoms with Crippen molar-refractivity contribution >= 4 is 34.8 Å². The van der Waals surface area contributed by atoms with Crippen LogP contribution < -0.4 is 5.32 Å². The highest BCUT2D eigenvalue weighted by Gasteiger charge is 2.29. The number of esters is 3. The van der Waals surface area contributed by atoms with Crippen LogP contribution in [0, 0.1) is 5.92 Å². The van der Waals surface area contributed by atoms with Crippen LogP contribution in [0.4, 0.5) is 0 Å². The topological polar surface area (TPSA) is 98.8 Å². The molecule has 1 rings (SSSR count). The van der Waals surface area contributed by atoms with Crippen LogP contribution in [0.2, 0.25) is 0 Å². The molecule has 1 aliphatic rings. The highest BCUT2D eigenvalue weighted by atomic mass is 32.2. The molecular formula is C15H23NO6S. The van der Waals surface area contributed by atoms with E-state index in [-0.39, 0.29) is 30.3 Å². The second-order valence-corrected chi connectivity index (χ2v) is 6.43. The monoisotopic (exact) mass is 345 g/mol. The van der Waals surface area contributed by atoms with E-state index in [9.17, 15) is 19.2 Å². The molecule has 0 bridgehead atoms. The summed E-state index contributed by atoms with van der Waals surface area (Å²) in [5.41, 5.74) is 0. The lowest BCUT2D eigenvalue weighted by Gasteiger charge is -2.15. The van der Waals surface area contributed by atoms with Gasteiger partial charge in [-0.05, 0) is 32.7 Å². The molecule has 23 heavy (non-hydrogen) atoms. The van der Waals surface area contributed by atoms with Crippen LogP contribution in [0.3, 0.4) is 0 Å². The molecule has 130 valence electrons. The third kappa shape index (κ3) is 7.60. The van der Waals surface area contributed by atoms with E-state index < -0.39 is 29.9 Å². The molecule has 1 saturated heterocycles. The zero-order chi connectivity index (χ0) is 17.2. The largest absolute Gasteiger partial charge is 0.466 e. The maximum absolute atomic E-state index is 12.1. The van der Waals surface area contributed by atoms with E-state index in [2.05, 4.69) is 5.32 Å². The Balaban J connectivity index is 2.53. The summed E-state index contributed by atoms with van der Waals surface area (Å²) in [4.78, 5) is 46.5. The fourth-order valence-corrected chi connectivity index (χ4v) is 2.89. The van der Waals surface area contributed by atoms with E-state index in [1.165, 1.54) is 6.92 Å². The van der Waals surface area contributed by atoms with E-state index in [0.29, 0.717) is 6.42 Å². The Morgan fingerprint density at radius 2 is 2.04 bits per heavy atom. The second kappa shape index (κ2) is 10.4. The maximum atomic E-state index is 12.1. The average Bonchev–Trinajstić information content (AvgIpc) is 3.01. The molecule has 1 fully saturated rings. The molecule has 0 spiro atoms. The van der Waals surface area contributed by atoms with Gasteiger partial charge in [0, 0.05) is 19.1 Å². The lowest BCUT2D eigenvalue weighted by molar-refractivity contribution is -0.163. The molecule has 0 aromatic rings. The zero-order valence-corrected chi connectivity index (χ0v) is 14.3. The predicted molar refractivity (Wildman–Crippen MR) is 84.6 cm³/mol. The van der Waals surface area contributed by atoms with Gasteiger partial charge in [-0.3, -0.25) is 14.4 Å². The molecule has 0 saturated carbocycles. The van der Waals surface area contributed by atoms with Gasteiger partial charge < -0.3 is 14.8 Å². The van der Waals surface area contributed by atoms with Crippen molar-refractivity contribution in [1.29, 1.82) is 0 Å². The van der Waals surface area contributed by atoms with Gasteiger partial charge in [0.25, 0.3) is 0 Å². The number of hydrogen-bond donors (Lipinski definition) is 1. The fourth-order valence-electron chi connectivity index (χ4n) is 2.15. The summed E-state index contributed by atoms with van der Waals surface area (Å²) in [6.45, 7) is 4.08. The van der Waals surface area contributed by atoms with Gasteiger partial charge in [0.2, 0.25) is 0 Å². The second-order valence-electron chi connectivity index (χ2n) is 5.23. The number of rotatable bonds is 8. The van der Waals surface area contributed by atoms with Crippen LogP contribution in [-0.4, -0.2) is 48.0 Å². The summed E-state index contributed by atoms with van der Waals surface area (Å²) in [5.74, 6) is -2.22. The summed E-state index contributed by atoms with van der Waals surface area (Å²) in [7, 11) is 0. The molecule has 0 aromatic carbocycles. The summed E-state index contributed by atoms with van der Waals surface area (Å²) < 4.78 is 9.72. The minimum absolute atomic E-state index is 0.0436. The van der Waals surface area contributed by atoms with E-state index in [1.54, 1.807) is 6.92 Å². The number of ether oxygens (including phenoxy) is 2. The molecule has 0 radical (unpaired) electrons. The van der Waals surface area contributed by atoms with Gasteiger partial charge in [-0.15, -0.1) is 0 Å². The normalized spacial score (nSPS) is 18.3. The molecule has 7 nitrogen and oxygen atoms in total. The third-order valence-electron chi connectivity index (χ3n) is 3.37. The Morgan fingerprint density at radius 1 is 1.30 bits per heavy atom. The number of carbonyl (C=O) groups is 4. The molecule has 0 amide bonds. The first kappa shape index (κ1) is 19.6. The Kier molecular flexibility index (Phi) is 8.86. The Morgan fingerprint density at radius 3 is 2.61 bits per heavy atom. The van der Waals surface area contributed by atoms with Gasteiger partial charge in [0.05, 0.1) is 12.5 Å². The van der Waals surface area contributed by atoms with Crippen molar-refractivity contribution in [3.05, 3.63) is 0 Å². The maximum Gasteiger partial charge on any atom is 0.330 e. The van der Waals surface area contributed by atoms with Gasteiger partial charge in [0.1, 0.15) is 6.04 Å². The molecule has 2 atom stereocenters. The number of thioether (sulfide) groups is 1. The number of carbonyl (C=O) groups excluding carboxylic acids is 4. The SMILES string of the molecule is CCOC(=O)CCC(CSC(C)=O)C(=O)OC(=O)[C@@H]1CCCN1. The fraction of sp³-hybridized carbons (Fsp3) is 0.733. The van der Waals surface area contributed by atoms with Crippen LogP contribution in [0.15, 0.2) is 0 Å². The first-order valence-corrected chi connectivity index (χ1v) is 8.70. The van der Waals surface area contributed by atoms with Gasteiger partial charge in [-0.25, -0.2) is 4.79 Å². The Hall–Kier alpha value is -1.41. The van der Waals surface area contributed by atoms with Crippen molar-refractivity contribution < 1.29 is 28.7 Å². The molecule has 0 aliphatic carbocycles.